The first-order valence-corrected chi connectivity index (χ1v) is 3.33. The van der Waals surface area contributed by atoms with Crippen molar-refractivity contribution < 1.29 is 0 Å². The molecule has 6 heteroatoms. The molecule has 1 rings (SSSR count). The molecule has 0 unspecified atom stereocenters. The molecule has 1 heterocycles. The second kappa shape index (κ2) is 3.54. The maximum absolute atomic E-state index is 10.5. The Bertz CT molecular complexity index is 276. The molecule has 11 heavy (non-hydrogen) atoms. The fourth-order valence-corrected chi connectivity index (χ4v) is 0.968. The number of rotatable bonds is 1. The zero-order valence-electron chi connectivity index (χ0n) is 6.47. The third-order valence-corrected chi connectivity index (χ3v) is 1.39. The summed E-state index contributed by atoms with van der Waals surface area (Å²) in [6.45, 7) is 3.81. The number of aromatic amines is 1. The molecule has 1 aromatic heterocycles. The molecule has 0 radical (unpaired) electrons. The number of H-pyrrole nitrogens is 1. The maximum atomic E-state index is 10.5. The number of aromatic nitrogens is 3. The first-order chi connectivity index (χ1) is 4.61. The van der Waals surface area contributed by atoms with Crippen LogP contribution in [0.1, 0.15) is 19.9 Å². The van der Waals surface area contributed by atoms with Crippen LogP contribution in [0.2, 0.25) is 5.28 Å². The van der Waals surface area contributed by atoms with Gasteiger partial charge in [0.25, 0.3) is 0 Å². The van der Waals surface area contributed by atoms with Gasteiger partial charge in [-0.1, -0.05) is 0 Å². The van der Waals surface area contributed by atoms with Gasteiger partial charge in [-0.05, 0) is 25.4 Å². The molecule has 5 nitrogen and oxygen atoms in total. The molecule has 0 bridgehead atoms. The van der Waals surface area contributed by atoms with Crippen molar-refractivity contribution in [2.24, 2.45) is 0 Å². The molecule has 0 saturated carbocycles. The van der Waals surface area contributed by atoms with Crippen molar-refractivity contribution in [1.82, 2.24) is 20.9 Å². The molecule has 4 N–H and O–H groups in total. The van der Waals surface area contributed by atoms with Gasteiger partial charge in [0, 0.05) is 6.04 Å². The monoisotopic (exact) mass is 178 g/mol. The van der Waals surface area contributed by atoms with E-state index in [0.29, 0.717) is 0 Å². The molecule has 0 atom stereocenters. The first-order valence-electron chi connectivity index (χ1n) is 2.95. The van der Waals surface area contributed by atoms with Crippen LogP contribution in [0.3, 0.4) is 0 Å². The summed E-state index contributed by atoms with van der Waals surface area (Å²) in [5.41, 5.74) is -0.404. The molecule has 0 aliphatic rings. The van der Waals surface area contributed by atoms with Gasteiger partial charge in [0.05, 0.1) is 0 Å². The van der Waals surface area contributed by atoms with Crippen LogP contribution in [0.15, 0.2) is 4.79 Å². The molecule has 0 aliphatic carbocycles. The molecular formula is C5H11ClN4O. The summed E-state index contributed by atoms with van der Waals surface area (Å²) < 4.78 is 1.50. The molecule has 0 saturated heterocycles. The Morgan fingerprint density at radius 2 is 2.18 bits per heavy atom. The van der Waals surface area contributed by atoms with Gasteiger partial charge >= 0.3 is 5.69 Å². The highest BCUT2D eigenvalue weighted by Gasteiger charge is 2.04. The smallest absolute Gasteiger partial charge is 0.344 e. The highest BCUT2D eigenvalue weighted by atomic mass is 35.5. The Balaban J connectivity index is 0.000001000. The standard InChI is InChI=1S/C5H8ClN3O.H3N/c1-3(2)9-4(6)7-5(10)8-9;/h3H,1-2H3,(H,8,10);1H3. The van der Waals surface area contributed by atoms with Crippen LogP contribution < -0.4 is 11.8 Å². The van der Waals surface area contributed by atoms with Crippen LogP contribution in [-0.2, 0) is 0 Å². The van der Waals surface area contributed by atoms with Gasteiger partial charge in [-0.2, -0.15) is 4.98 Å². The molecule has 0 amide bonds. The minimum atomic E-state index is -0.404. The quantitative estimate of drug-likeness (QED) is 0.672. The Morgan fingerprint density at radius 3 is 2.36 bits per heavy atom. The lowest BCUT2D eigenvalue weighted by molar-refractivity contribution is 0.528. The van der Waals surface area contributed by atoms with E-state index in [2.05, 4.69) is 10.1 Å². The zero-order valence-corrected chi connectivity index (χ0v) is 7.22. The second-order valence-electron chi connectivity index (χ2n) is 2.26. The van der Waals surface area contributed by atoms with E-state index in [1.165, 1.54) is 4.68 Å². The largest absolute Gasteiger partial charge is 0.362 e. The van der Waals surface area contributed by atoms with E-state index in [1.54, 1.807) is 0 Å². The summed E-state index contributed by atoms with van der Waals surface area (Å²) in [6.07, 6.45) is 0. The summed E-state index contributed by atoms with van der Waals surface area (Å²) in [7, 11) is 0. The van der Waals surface area contributed by atoms with Gasteiger partial charge in [0.1, 0.15) is 0 Å². The van der Waals surface area contributed by atoms with Gasteiger partial charge < -0.3 is 6.15 Å². The minimum absolute atomic E-state index is 0. The third-order valence-electron chi connectivity index (χ3n) is 1.13. The van der Waals surface area contributed by atoms with Crippen molar-refractivity contribution in [2.75, 3.05) is 0 Å². The molecule has 1 aromatic rings. The number of nitrogens with zero attached hydrogens (tertiary/aromatic N) is 2. The molecular weight excluding hydrogens is 168 g/mol. The lowest BCUT2D eigenvalue weighted by Crippen LogP contribution is -2.08. The molecule has 0 aliphatic heterocycles. The molecule has 0 spiro atoms. The lowest BCUT2D eigenvalue weighted by atomic mass is 10.4. The van der Waals surface area contributed by atoms with Gasteiger partial charge in [-0.3, -0.25) is 4.68 Å². The Hall–Kier alpha value is -0.810. The van der Waals surface area contributed by atoms with Crippen LogP contribution in [0, 0.1) is 0 Å². The first kappa shape index (κ1) is 10.2. The fraction of sp³-hybridized carbons (Fsp3) is 0.600. The summed E-state index contributed by atoms with van der Waals surface area (Å²) >= 11 is 5.56. The Kier molecular flexibility index (Phi) is 3.28. The van der Waals surface area contributed by atoms with E-state index in [-0.39, 0.29) is 17.5 Å². The van der Waals surface area contributed by atoms with Gasteiger partial charge in [0.2, 0.25) is 5.28 Å². The van der Waals surface area contributed by atoms with Crippen LogP contribution >= 0.6 is 11.6 Å². The second-order valence-corrected chi connectivity index (χ2v) is 2.60. The number of halogens is 1. The highest BCUT2D eigenvalue weighted by Crippen LogP contribution is 2.06. The van der Waals surface area contributed by atoms with Crippen molar-refractivity contribution in [1.29, 1.82) is 0 Å². The predicted molar refractivity (Wildman–Crippen MR) is 43.3 cm³/mol. The van der Waals surface area contributed by atoms with Gasteiger partial charge in [-0.15, -0.1) is 0 Å². The van der Waals surface area contributed by atoms with Gasteiger partial charge in [-0.25, -0.2) is 9.89 Å². The van der Waals surface area contributed by atoms with E-state index in [4.69, 9.17) is 11.6 Å². The van der Waals surface area contributed by atoms with E-state index in [0.717, 1.165) is 0 Å². The van der Waals surface area contributed by atoms with Crippen LogP contribution in [0.4, 0.5) is 0 Å². The van der Waals surface area contributed by atoms with Crippen LogP contribution in [0.5, 0.6) is 0 Å². The lowest BCUT2D eigenvalue weighted by Gasteiger charge is -2.04. The topological polar surface area (TPSA) is 85.7 Å². The molecule has 64 valence electrons. The van der Waals surface area contributed by atoms with E-state index in [9.17, 15) is 4.79 Å². The van der Waals surface area contributed by atoms with E-state index in [1.807, 2.05) is 13.8 Å². The van der Waals surface area contributed by atoms with Crippen molar-refractivity contribution >= 4 is 11.6 Å². The van der Waals surface area contributed by atoms with Crippen molar-refractivity contribution in [3.63, 3.8) is 0 Å². The van der Waals surface area contributed by atoms with E-state index >= 15 is 0 Å². The molecule has 0 aromatic carbocycles. The Morgan fingerprint density at radius 1 is 1.64 bits per heavy atom. The fourth-order valence-electron chi connectivity index (χ4n) is 0.654. The van der Waals surface area contributed by atoms with Crippen molar-refractivity contribution in [3.05, 3.63) is 15.8 Å². The normalized spacial score (nSPS) is 9.82. The average Bonchev–Trinajstić information content (AvgIpc) is 2.10. The zero-order chi connectivity index (χ0) is 7.72. The number of hydrogen-bond donors (Lipinski definition) is 2. The van der Waals surface area contributed by atoms with Crippen LogP contribution in [-0.4, -0.2) is 14.8 Å². The van der Waals surface area contributed by atoms with Crippen molar-refractivity contribution in [2.45, 2.75) is 19.9 Å². The van der Waals surface area contributed by atoms with Gasteiger partial charge in [0.15, 0.2) is 0 Å². The predicted octanol–water partition coefficient (Wildman–Crippen LogP) is 0.968. The van der Waals surface area contributed by atoms with E-state index < -0.39 is 5.69 Å². The third kappa shape index (κ3) is 2.06. The summed E-state index contributed by atoms with van der Waals surface area (Å²) in [5, 5.41) is 2.67. The van der Waals surface area contributed by atoms with Crippen LogP contribution in [0.25, 0.3) is 0 Å². The maximum Gasteiger partial charge on any atom is 0.362 e. The molecule has 0 fully saturated rings. The summed E-state index contributed by atoms with van der Waals surface area (Å²) in [6, 6.07) is 0.141. The summed E-state index contributed by atoms with van der Waals surface area (Å²) in [5.74, 6) is 0. The average molecular weight is 179 g/mol. The van der Waals surface area contributed by atoms with Crippen molar-refractivity contribution in [3.8, 4) is 0 Å². The summed E-state index contributed by atoms with van der Waals surface area (Å²) in [4.78, 5) is 14.0. The SMILES string of the molecule is CC(C)n1[nH]c(=O)nc1Cl.N. The number of hydrogen-bond acceptors (Lipinski definition) is 3. The Labute approximate surface area is 69.0 Å². The minimum Gasteiger partial charge on any atom is -0.344 e. The highest BCUT2D eigenvalue weighted by molar-refractivity contribution is 6.28. The number of nitrogens with one attached hydrogen (secondary N) is 1.